The molecular weight excluding hydrogens is 206 g/mol. The first-order chi connectivity index (χ1) is 7.77. The lowest BCUT2D eigenvalue weighted by atomic mass is 10.2. The van der Waals surface area contributed by atoms with Crippen LogP contribution >= 0.6 is 0 Å². The van der Waals surface area contributed by atoms with Crippen molar-refractivity contribution in [1.29, 1.82) is 0 Å². The number of para-hydroxylation sites is 2. The summed E-state index contributed by atoms with van der Waals surface area (Å²) in [4.78, 5) is 0. The first-order valence-corrected chi connectivity index (χ1v) is 5.42. The minimum atomic E-state index is -0.478. The van der Waals surface area contributed by atoms with E-state index >= 15 is 0 Å². The topological polar surface area (TPSA) is 64.7 Å². The van der Waals surface area contributed by atoms with E-state index in [1.165, 1.54) is 0 Å². The van der Waals surface area contributed by atoms with E-state index in [0.717, 1.165) is 6.42 Å². The lowest BCUT2D eigenvalue weighted by Gasteiger charge is -2.13. The number of methoxy groups -OCH3 is 1. The summed E-state index contributed by atoms with van der Waals surface area (Å²) in [5.41, 5.74) is 5.36. The smallest absolute Gasteiger partial charge is 0.161 e. The van der Waals surface area contributed by atoms with Crippen molar-refractivity contribution in [3.8, 4) is 11.5 Å². The molecule has 0 spiro atoms. The number of aliphatic hydroxyl groups is 1. The minimum Gasteiger partial charge on any atom is -0.493 e. The lowest BCUT2D eigenvalue weighted by Crippen LogP contribution is -2.18. The summed E-state index contributed by atoms with van der Waals surface area (Å²) in [7, 11) is 1.59. The molecule has 0 aliphatic carbocycles. The summed E-state index contributed by atoms with van der Waals surface area (Å²) in [6, 6.07) is 7.37. The number of ether oxygens (including phenoxy) is 2. The zero-order chi connectivity index (χ0) is 11.8. The van der Waals surface area contributed by atoms with Gasteiger partial charge in [0, 0.05) is 0 Å². The number of hydrogen-bond donors (Lipinski definition) is 2. The number of aliphatic hydroxyl groups excluding tert-OH is 1. The lowest BCUT2D eigenvalue weighted by molar-refractivity contribution is 0.0971. The largest absolute Gasteiger partial charge is 0.493 e. The van der Waals surface area contributed by atoms with Crippen LogP contribution < -0.4 is 15.2 Å². The third-order valence-electron chi connectivity index (χ3n) is 2.24. The van der Waals surface area contributed by atoms with Crippen LogP contribution in [0.15, 0.2) is 24.3 Å². The maximum atomic E-state index is 9.58. The highest BCUT2D eigenvalue weighted by Gasteiger charge is 2.07. The molecule has 3 N–H and O–H groups in total. The summed E-state index contributed by atoms with van der Waals surface area (Å²) in [5, 5.41) is 9.58. The summed E-state index contributed by atoms with van der Waals surface area (Å²) in [6.07, 6.45) is 0.982. The molecule has 1 atom stereocenters. The molecule has 0 amide bonds. The molecule has 90 valence electrons. The van der Waals surface area contributed by atoms with Crippen LogP contribution in [0.1, 0.15) is 12.8 Å². The fourth-order valence-electron chi connectivity index (χ4n) is 1.36. The van der Waals surface area contributed by atoms with Gasteiger partial charge in [-0.1, -0.05) is 12.1 Å². The van der Waals surface area contributed by atoms with Crippen molar-refractivity contribution in [2.75, 3.05) is 20.3 Å². The molecule has 0 aromatic heterocycles. The van der Waals surface area contributed by atoms with E-state index in [-0.39, 0.29) is 6.61 Å². The normalized spacial score (nSPS) is 12.2. The average molecular weight is 225 g/mol. The molecule has 0 saturated heterocycles. The van der Waals surface area contributed by atoms with Gasteiger partial charge in [-0.05, 0) is 31.5 Å². The molecule has 1 aromatic rings. The summed E-state index contributed by atoms with van der Waals surface area (Å²) in [6.45, 7) is 0.853. The van der Waals surface area contributed by atoms with Crippen molar-refractivity contribution < 1.29 is 14.6 Å². The molecule has 0 aliphatic heterocycles. The van der Waals surface area contributed by atoms with E-state index in [1.807, 2.05) is 24.3 Å². The van der Waals surface area contributed by atoms with E-state index in [4.69, 9.17) is 15.2 Å². The predicted octanol–water partition coefficient (Wildman–Crippen LogP) is 1.17. The van der Waals surface area contributed by atoms with Crippen molar-refractivity contribution >= 4 is 0 Å². The Morgan fingerprint density at radius 2 is 2.00 bits per heavy atom. The zero-order valence-corrected chi connectivity index (χ0v) is 9.56. The van der Waals surface area contributed by atoms with Crippen molar-refractivity contribution in [1.82, 2.24) is 0 Å². The Balaban J connectivity index is 2.41. The summed E-state index contributed by atoms with van der Waals surface area (Å²) >= 11 is 0. The van der Waals surface area contributed by atoms with E-state index < -0.39 is 6.10 Å². The first-order valence-electron chi connectivity index (χ1n) is 5.42. The number of nitrogens with two attached hydrogens (primary N) is 1. The third kappa shape index (κ3) is 4.08. The van der Waals surface area contributed by atoms with Crippen LogP contribution in [0.5, 0.6) is 11.5 Å². The molecule has 4 heteroatoms. The van der Waals surface area contributed by atoms with Gasteiger partial charge in [0.05, 0.1) is 13.2 Å². The van der Waals surface area contributed by atoms with Gasteiger partial charge in [0.15, 0.2) is 11.5 Å². The fourth-order valence-corrected chi connectivity index (χ4v) is 1.36. The second kappa shape index (κ2) is 7.09. The quantitative estimate of drug-likeness (QED) is 0.731. The molecule has 1 rings (SSSR count). The first kappa shape index (κ1) is 12.8. The van der Waals surface area contributed by atoms with E-state index in [2.05, 4.69) is 0 Å². The van der Waals surface area contributed by atoms with E-state index in [1.54, 1.807) is 7.11 Å². The van der Waals surface area contributed by atoms with Crippen LogP contribution in [0.2, 0.25) is 0 Å². The minimum absolute atomic E-state index is 0.264. The highest BCUT2D eigenvalue weighted by Crippen LogP contribution is 2.25. The van der Waals surface area contributed by atoms with Crippen LogP contribution in [0.3, 0.4) is 0 Å². The Kier molecular flexibility index (Phi) is 5.67. The summed E-state index contributed by atoms with van der Waals surface area (Å²) < 4.78 is 10.6. The highest BCUT2D eigenvalue weighted by atomic mass is 16.5. The van der Waals surface area contributed by atoms with Crippen LogP contribution in [-0.4, -0.2) is 31.5 Å². The van der Waals surface area contributed by atoms with Crippen molar-refractivity contribution in [3.63, 3.8) is 0 Å². The van der Waals surface area contributed by atoms with Crippen LogP contribution in [-0.2, 0) is 0 Å². The van der Waals surface area contributed by atoms with Gasteiger partial charge < -0.3 is 20.3 Å². The SMILES string of the molecule is COc1ccccc1OCC(O)CCCN. The number of benzene rings is 1. The Hall–Kier alpha value is -1.26. The van der Waals surface area contributed by atoms with Gasteiger partial charge >= 0.3 is 0 Å². The van der Waals surface area contributed by atoms with Gasteiger partial charge in [-0.3, -0.25) is 0 Å². The van der Waals surface area contributed by atoms with E-state index in [9.17, 15) is 5.11 Å². The maximum absolute atomic E-state index is 9.58. The summed E-state index contributed by atoms with van der Waals surface area (Å²) in [5.74, 6) is 1.32. The predicted molar refractivity (Wildman–Crippen MR) is 62.8 cm³/mol. The van der Waals surface area contributed by atoms with Crippen LogP contribution in [0.4, 0.5) is 0 Å². The Morgan fingerprint density at radius 3 is 2.62 bits per heavy atom. The van der Waals surface area contributed by atoms with Crippen LogP contribution in [0.25, 0.3) is 0 Å². The van der Waals surface area contributed by atoms with Crippen molar-refractivity contribution in [2.24, 2.45) is 5.73 Å². The molecule has 0 saturated carbocycles. The molecule has 16 heavy (non-hydrogen) atoms. The van der Waals surface area contributed by atoms with Gasteiger partial charge in [0.25, 0.3) is 0 Å². The van der Waals surface area contributed by atoms with Gasteiger partial charge in [-0.2, -0.15) is 0 Å². The molecule has 1 aromatic carbocycles. The zero-order valence-electron chi connectivity index (χ0n) is 9.56. The van der Waals surface area contributed by atoms with Gasteiger partial charge in [0.2, 0.25) is 0 Å². The maximum Gasteiger partial charge on any atom is 0.161 e. The molecule has 0 radical (unpaired) electrons. The number of rotatable bonds is 7. The Bertz CT molecular complexity index is 304. The molecule has 0 bridgehead atoms. The second-order valence-corrected chi connectivity index (χ2v) is 3.55. The van der Waals surface area contributed by atoms with Gasteiger partial charge in [0.1, 0.15) is 6.61 Å². The third-order valence-corrected chi connectivity index (χ3v) is 2.24. The second-order valence-electron chi connectivity index (χ2n) is 3.55. The van der Waals surface area contributed by atoms with Crippen molar-refractivity contribution in [2.45, 2.75) is 18.9 Å². The standard InChI is InChI=1S/C12H19NO3/c1-15-11-6-2-3-7-12(11)16-9-10(14)5-4-8-13/h2-3,6-7,10,14H,4-5,8-9,13H2,1H3. The molecule has 1 unspecified atom stereocenters. The van der Waals surface area contributed by atoms with Crippen molar-refractivity contribution in [3.05, 3.63) is 24.3 Å². The molecule has 0 aliphatic rings. The monoisotopic (exact) mass is 225 g/mol. The Morgan fingerprint density at radius 1 is 1.31 bits per heavy atom. The molecule has 4 nitrogen and oxygen atoms in total. The fraction of sp³-hybridized carbons (Fsp3) is 0.500. The van der Waals surface area contributed by atoms with Crippen LogP contribution in [0, 0.1) is 0 Å². The molecule has 0 heterocycles. The van der Waals surface area contributed by atoms with E-state index in [0.29, 0.717) is 24.5 Å². The molecule has 0 fully saturated rings. The average Bonchev–Trinajstić information content (AvgIpc) is 2.34. The Labute approximate surface area is 96.0 Å². The highest BCUT2D eigenvalue weighted by molar-refractivity contribution is 5.39. The number of hydrogen-bond acceptors (Lipinski definition) is 4. The molecular formula is C12H19NO3. The van der Waals surface area contributed by atoms with Gasteiger partial charge in [-0.15, -0.1) is 0 Å². The van der Waals surface area contributed by atoms with Gasteiger partial charge in [-0.25, -0.2) is 0 Å².